The lowest BCUT2D eigenvalue weighted by molar-refractivity contribution is 0.306. The number of nitrogens with one attached hydrogen (secondary N) is 1. The van der Waals surface area contributed by atoms with Gasteiger partial charge in [0.05, 0.1) is 10.0 Å². The molecule has 3 rings (SSSR count). The van der Waals surface area contributed by atoms with Gasteiger partial charge in [0.2, 0.25) is 0 Å². The van der Waals surface area contributed by atoms with Crippen LogP contribution in [0, 0.1) is 19.7 Å². The summed E-state index contributed by atoms with van der Waals surface area (Å²) in [6, 6.07) is 16.1. The number of hydrogen-bond acceptors (Lipinski definition) is 2. The molecular formula is C22H20Cl2FNO. The van der Waals surface area contributed by atoms with Gasteiger partial charge in [-0.3, -0.25) is 0 Å². The highest BCUT2D eigenvalue weighted by Crippen LogP contribution is 2.35. The van der Waals surface area contributed by atoms with Crippen LogP contribution in [-0.2, 0) is 13.2 Å². The summed E-state index contributed by atoms with van der Waals surface area (Å²) in [6.45, 7) is 4.99. The van der Waals surface area contributed by atoms with E-state index in [0.29, 0.717) is 22.3 Å². The fourth-order valence-electron chi connectivity index (χ4n) is 2.71. The third-order valence-corrected chi connectivity index (χ3v) is 4.79. The highest BCUT2D eigenvalue weighted by Gasteiger charge is 2.11. The largest absolute Gasteiger partial charge is 0.486 e. The first-order valence-corrected chi connectivity index (χ1v) is 9.34. The Morgan fingerprint density at radius 2 is 1.56 bits per heavy atom. The van der Waals surface area contributed by atoms with Crippen LogP contribution in [0.5, 0.6) is 5.75 Å². The summed E-state index contributed by atoms with van der Waals surface area (Å²) in [5.41, 5.74) is 5.25. The first kappa shape index (κ1) is 19.5. The Labute approximate surface area is 168 Å². The highest BCUT2D eigenvalue weighted by molar-refractivity contribution is 6.37. The van der Waals surface area contributed by atoms with Crippen molar-refractivity contribution in [3.63, 3.8) is 0 Å². The zero-order valence-corrected chi connectivity index (χ0v) is 16.7. The first-order chi connectivity index (χ1) is 12.9. The number of anilines is 1. The van der Waals surface area contributed by atoms with Gasteiger partial charge in [-0.15, -0.1) is 0 Å². The van der Waals surface area contributed by atoms with Gasteiger partial charge in [-0.2, -0.15) is 0 Å². The minimum absolute atomic E-state index is 0.264. The van der Waals surface area contributed by atoms with E-state index < -0.39 is 0 Å². The van der Waals surface area contributed by atoms with Crippen LogP contribution in [0.15, 0.2) is 54.6 Å². The van der Waals surface area contributed by atoms with E-state index in [4.69, 9.17) is 27.9 Å². The average molecular weight is 404 g/mol. The molecule has 5 heteroatoms. The molecule has 0 saturated heterocycles. The molecule has 0 bridgehead atoms. The predicted molar refractivity (Wildman–Crippen MR) is 110 cm³/mol. The van der Waals surface area contributed by atoms with Gasteiger partial charge < -0.3 is 10.1 Å². The van der Waals surface area contributed by atoms with Gasteiger partial charge in [-0.1, -0.05) is 47.5 Å². The smallest absolute Gasteiger partial charge is 0.156 e. The summed E-state index contributed by atoms with van der Waals surface area (Å²) in [7, 11) is 0. The minimum atomic E-state index is -0.282. The zero-order valence-electron chi connectivity index (χ0n) is 15.2. The van der Waals surface area contributed by atoms with Gasteiger partial charge >= 0.3 is 0 Å². The normalized spacial score (nSPS) is 10.7. The van der Waals surface area contributed by atoms with Gasteiger partial charge in [0.15, 0.2) is 5.75 Å². The number of halogens is 3. The lowest BCUT2D eigenvalue weighted by Crippen LogP contribution is -2.03. The second-order valence-electron chi connectivity index (χ2n) is 6.48. The van der Waals surface area contributed by atoms with E-state index in [1.165, 1.54) is 23.3 Å². The van der Waals surface area contributed by atoms with Crippen molar-refractivity contribution in [3.05, 3.63) is 92.7 Å². The van der Waals surface area contributed by atoms with Crippen LogP contribution in [0.1, 0.15) is 22.3 Å². The Balaban J connectivity index is 1.68. The Morgan fingerprint density at radius 1 is 0.889 bits per heavy atom. The van der Waals surface area contributed by atoms with E-state index in [0.717, 1.165) is 16.8 Å². The molecule has 0 radical (unpaired) electrons. The van der Waals surface area contributed by atoms with E-state index in [9.17, 15) is 4.39 Å². The molecule has 0 spiro atoms. The fraction of sp³-hybridized carbons (Fsp3) is 0.182. The van der Waals surface area contributed by atoms with Crippen molar-refractivity contribution < 1.29 is 9.13 Å². The van der Waals surface area contributed by atoms with Crippen LogP contribution < -0.4 is 10.1 Å². The van der Waals surface area contributed by atoms with Crippen molar-refractivity contribution in [3.8, 4) is 5.75 Å². The number of benzene rings is 3. The maximum Gasteiger partial charge on any atom is 0.156 e. The predicted octanol–water partition coefficient (Wildman–Crippen LogP) is 6.94. The van der Waals surface area contributed by atoms with Gasteiger partial charge in [0.25, 0.3) is 0 Å². The second kappa shape index (κ2) is 8.64. The Bertz CT molecular complexity index is 919. The van der Waals surface area contributed by atoms with Crippen LogP contribution in [0.3, 0.4) is 0 Å². The fourth-order valence-corrected chi connectivity index (χ4v) is 3.35. The van der Waals surface area contributed by atoms with Crippen LogP contribution in [0.25, 0.3) is 0 Å². The van der Waals surface area contributed by atoms with Crippen LogP contribution in [0.2, 0.25) is 10.0 Å². The van der Waals surface area contributed by atoms with Crippen molar-refractivity contribution in [2.75, 3.05) is 5.32 Å². The molecular weight excluding hydrogens is 384 g/mol. The summed E-state index contributed by atoms with van der Waals surface area (Å²) < 4.78 is 18.7. The molecule has 3 aromatic rings. The monoisotopic (exact) mass is 403 g/mol. The van der Waals surface area contributed by atoms with Gasteiger partial charge in [-0.05, 0) is 66.4 Å². The maximum absolute atomic E-state index is 13.0. The van der Waals surface area contributed by atoms with Crippen molar-refractivity contribution in [1.82, 2.24) is 0 Å². The summed E-state index contributed by atoms with van der Waals surface area (Å²) in [6.07, 6.45) is 0. The minimum Gasteiger partial charge on any atom is -0.486 e. The van der Waals surface area contributed by atoms with Crippen LogP contribution in [0.4, 0.5) is 10.1 Å². The molecule has 140 valence electrons. The molecule has 0 amide bonds. The molecule has 0 atom stereocenters. The van der Waals surface area contributed by atoms with Crippen molar-refractivity contribution in [1.29, 1.82) is 0 Å². The summed E-state index contributed by atoms with van der Waals surface area (Å²) in [5, 5.41) is 4.31. The van der Waals surface area contributed by atoms with Gasteiger partial charge in [0.1, 0.15) is 12.4 Å². The molecule has 0 unspecified atom stereocenters. The quantitative estimate of drug-likeness (QED) is 0.481. The summed E-state index contributed by atoms with van der Waals surface area (Å²) in [5.74, 6) is 0.147. The van der Waals surface area contributed by atoms with E-state index in [-0.39, 0.29) is 12.4 Å². The second-order valence-corrected chi connectivity index (χ2v) is 7.29. The van der Waals surface area contributed by atoms with Crippen LogP contribution in [-0.4, -0.2) is 0 Å². The van der Waals surface area contributed by atoms with E-state index in [1.54, 1.807) is 12.1 Å². The number of ether oxygens (including phenoxy) is 1. The highest BCUT2D eigenvalue weighted by atomic mass is 35.5. The zero-order chi connectivity index (χ0) is 19.4. The third-order valence-electron chi connectivity index (χ3n) is 4.23. The average Bonchev–Trinajstić information content (AvgIpc) is 2.63. The van der Waals surface area contributed by atoms with Crippen molar-refractivity contribution >= 4 is 28.9 Å². The van der Waals surface area contributed by atoms with Crippen molar-refractivity contribution in [2.24, 2.45) is 0 Å². The standard InChI is InChI=1S/C22H20Cl2FNO/c1-14-3-4-15(2)21(9-14)26-12-17-10-19(23)22(20(24)11-17)27-13-16-5-7-18(25)8-6-16/h3-11,26H,12-13H2,1-2H3. The molecule has 0 saturated carbocycles. The molecule has 0 fully saturated rings. The molecule has 0 aliphatic rings. The molecule has 0 aromatic heterocycles. The van der Waals surface area contributed by atoms with Gasteiger partial charge in [0, 0.05) is 12.2 Å². The number of aryl methyl sites for hydroxylation is 2. The molecule has 1 N–H and O–H groups in total. The van der Waals surface area contributed by atoms with Gasteiger partial charge in [-0.25, -0.2) is 4.39 Å². The molecule has 0 aliphatic heterocycles. The third kappa shape index (κ3) is 5.15. The summed E-state index contributed by atoms with van der Waals surface area (Å²) >= 11 is 12.7. The van der Waals surface area contributed by atoms with Crippen molar-refractivity contribution in [2.45, 2.75) is 27.0 Å². The molecule has 27 heavy (non-hydrogen) atoms. The van der Waals surface area contributed by atoms with E-state index in [2.05, 4.69) is 37.4 Å². The lowest BCUT2D eigenvalue weighted by atomic mass is 10.1. The Kier molecular flexibility index (Phi) is 6.25. The number of hydrogen-bond donors (Lipinski definition) is 1. The maximum atomic E-state index is 13.0. The Hall–Kier alpha value is -2.23. The first-order valence-electron chi connectivity index (χ1n) is 8.58. The SMILES string of the molecule is Cc1ccc(C)c(NCc2cc(Cl)c(OCc3ccc(F)cc3)c(Cl)c2)c1. The van der Waals surface area contributed by atoms with E-state index >= 15 is 0 Å². The molecule has 3 aromatic carbocycles. The molecule has 2 nitrogen and oxygen atoms in total. The topological polar surface area (TPSA) is 21.3 Å². The Morgan fingerprint density at radius 3 is 2.22 bits per heavy atom. The molecule has 0 aliphatic carbocycles. The number of rotatable bonds is 6. The lowest BCUT2D eigenvalue weighted by Gasteiger charge is -2.14. The molecule has 0 heterocycles. The van der Waals surface area contributed by atoms with E-state index in [1.807, 2.05) is 12.1 Å². The summed E-state index contributed by atoms with van der Waals surface area (Å²) in [4.78, 5) is 0. The van der Waals surface area contributed by atoms with Crippen LogP contribution >= 0.6 is 23.2 Å².